The van der Waals surface area contributed by atoms with Crippen LogP contribution in [0.15, 0.2) is 6.07 Å². The number of aromatic nitrogens is 3. The van der Waals surface area contributed by atoms with Gasteiger partial charge in [0.15, 0.2) is 0 Å². The predicted molar refractivity (Wildman–Crippen MR) is 84.8 cm³/mol. The van der Waals surface area contributed by atoms with E-state index in [1.54, 1.807) is 0 Å². The third kappa shape index (κ3) is 3.43. The van der Waals surface area contributed by atoms with Gasteiger partial charge >= 0.3 is 0 Å². The van der Waals surface area contributed by atoms with Crippen LogP contribution in [0.1, 0.15) is 22.6 Å². The first kappa shape index (κ1) is 16.4. The van der Waals surface area contributed by atoms with Crippen molar-refractivity contribution in [2.24, 2.45) is 7.05 Å². The number of aliphatic hydroxyl groups excluding tert-OH is 1. The monoisotopic (exact) mass is 330 g/mol. The second-order valence-corrected chi connectivity index (χ2v) is 5.80. The summed E-state index contributed by atoms with van der Waals surface area (Å²) in [5.41, 5.74) is 4.26. The van der Waals surface area contributed by atoms with E-state index in [9.17, 15) is 0 Å². The van der Waals surface area contributed by atoms with Crippen molar-refractivity contribution in [3.8, 4) is 0 Å². The maximum Gasteiger partial charge on any atom is 0.127 e. The standard InChI is InChI=1S/C14H20Cl2N4O/c1-9-12(10(2)20(18-9)4-5-21)8-17-7-11-6-13(15)14(16)19(11)3/h6,17,21H,4-5,7-8H2,1-3H3. The maximum atomic E-state index is 9.02. The molecule has 2 heterocycles. The Hall–Kier alpha value is -1.01. The van der Waals surface area contributed by atoms with Crippen LogP contribution < -0.4 is 5.32 Å². The van der Waals surface area contributed by atoms with Crippen molar-refractivity contribution in [2.45, 2.75) is 33.5 Å². The fraction of sp³-hybridized carbons (Fsp3) is 0.500. The Balaban J connectivity index is 2.02. The van der Waals surface area contributed by atoms with Crippen LogP contribution in [0.5, 0.6) is 0 Å². The molecule has 0 spiro atoms. The van der Waals surface area contributed by atoms with Gasteiger partial charge in [-0.2, -0.15) is 5.10 Å². The summed E-state index contributed by atoms with van der Waals surface area (Å²) in [6, 6.07) is 1.87. The molecule has 0 atom stereocenters. The van der Waals surface area contributed by atoms with Crippen molar-refractivity contribution < 1.29 is 5.11 Å². The average Bonchev–Trinajstić information content (AvgIpc) is 2.84. The predicted octanol–water partition coefficient (Wildman–Crippen LogP) is 2.43. The van der Waals surface area contributed by atoms with Gasteiger partial charge in [-0.05, 0) is 19.9 Å². The van der Waals surface area contributed by atoms with Crippen molar-refractivity contribution in [3.05, 3.63) is 38.9 Å². The van der Waals surface area contributed by atoms with Crippen LogP contribution in [0.3, 0.4) is 0 Å². The Morgan fingerprint density at radius 2 is 2.00 bits per heavy atom. The lowest BCUT2D eigenvalue weighted by atomic mass is 10.2. The van der Waals surface area contributed by atoms with Crippen molar-refractivity contribution >= 4 is 23.2 Å². The molecule has 2 rings (SSSR count). The summed E-state index contributed by atoms with van der Waals surface area (Å²) in [5.74, 6) is 0. The molecular formula is C14H20Cl2N4O. The molecule has 21 heavy (non-hydrogen) atoms. The molecule has 0 aliphatic rings. The molecule has 0 aliphatic heterocycles. The van der Waals surface area contributed by atoms with Gasteiger partial charge in [0.25, 0.3) is 0 Å². The van der Waals surface area contributed by atoms with Crippen LogP contribution in [0.25, 0.3) is 0 Å². The average molecular weight is 331 g/mol. The summed E-state index contributed by atoms with van der Waals surface area (Å²) in [4.78, 5) is 0. The summed E-state index contributed by atoms with van der Waals surface area (Å²) in [7, 11) is 1.89. The second-order valence-electron chi connectivity index (χ2n) is 5.03. The summed E-state index contributed by atoms with van der Waals surface area (Å²) in [6.45, 7) is 6.00. The Labute approximate surface area is 134 Å². The quantitative estimate of drug-likeness (QED) is 0.855. The SMILES string of the molecule is Cc1nn(CCO)c(C)c1CNCc1cc(Cl)c(Cl)n1C. The first-order chi connectivity index (χ1) is 9.95. The molecule has 2 aromatic heterocycles. The molecule has 7 heteroatoms. The normalized spacial score (nSPS) is 11.3. The zero-order chi connectivity index (χ0) is 15.6. The van der Waals surface area contributed by atoms with E-state index >= 15 is 0 Å². The largest absolute Gasteiger partial charge is 0.394 e. The third-order valence-corrected chi connectivity index (χ3v) is 4.51. The van der Waals surface area contributed by atoms with Crippen LogP contribution in [-0.2, 0) is 26.7 Å². The molecule has 0 aliphatic carbocycles. The van der Waals surface area contributed by atoms with Gasteiger partial charge in [-0.3, -0.25) is 4.68 Å². The fourth-order valence-electron chi connectivity index (χ4n) is 2.38. The van der Waals surface area contributed by atoms with Crippen LogP contribution in [0, 0.1) is 13.8 Å². The minimum Gasteiger partial charge on any atom is -0.394 e. The Bertz CT molecular complexity index is 633. The van der Waals surface area contributed by atoms with E-state index in [0.29, 0.717) is 29.8 Å². The smallest absolute Gasteiger partial charge is 0.127 e. The molecule has 0 amide bonds. The van der Waals surface area contributed by atoms with Gasteiger partial charge < -0.3 is 15.0 Å². The van der Waals surface area contributed by atoms with Crippen molar-refractivity contribution in [2.75, 3.05) is 6.61 Å². The number of nitrogens with zero attached hydrogens (tertiary/aromatic N) is 3. The number of aryl methyl sites for hydroxylation is 1. The van der Waals surface area contributed by atoms with E-state index in [4.69, 9.17) is 28.3 Å². The van der Waals surface area contributed by atoms with Gasteiger partial charge in [0.2, 0.25) is 0 Å². The molecule has 0 saturated heterocycles. The topological polar surface area (TPSA) is 55.0 Å². The summed E-state index contributed by atoms with van der Waals surface area (Å²) in [5, 5.41) is 18.0. The number of rotatable bonds is 6. The van der Waals surface area contributed by atoms with Crippen LogP contribution in [-0.4, -0.2) is 26.1 Å². The molecule has 0 unspecified atom stereocenters. The lowest BCUT2D eigenvalue weighted by Crippen LogP contribution is -2.16. The maximum absolute atomic E-state index is 9.02. The highest BCUT2D eigenvalue weighted by molar-refractivity contribution is 6.41. The van der Waals surface area contributed by atoms with Gasteiger partial charge in [0, 0.05) is 37.1 Å². The zero-order valence-corrected chi connectivity index (χ0v) is 14.0. The molecule has 0 saturated carbocycles. The van der Waals surface area contributed by atoms with E-state index in [-0.39, 0.29) is 6.61 Å². The number of halogens is 2. The van der Waals surface area contributed by atoms with Crippen LogP contribution in [0.2, 0.25) is 10.2 Å². The number of hydrogen-bond acceptors (Lipinski definition) is 3. The minimum atomic E-state index is 0.0924. The lowest BCUT2D eigenvalue weighted by Gasteiger charge is -2.07. The summed E-state index contributed by atoms with van der Waals surface area (Å²) < 4.78 is 3.70. The van der Waals surface area contributed by atoms with E-state index in [1.807, 2.05) is 36.2 Å². The summed E-state index contributed by atoms with van der Waals surface area (Å²) >= 11 is 12.1. The molecule has 116 valence electrons. The minimum absolute atomic E-state index is 0.0924. The highest BCUT2D eigenvalue weighted by Gasteiger charge is 2.12. The molecule has 2 N–H and O–H groups in total. The highest BCUT2D eigenvalue weighted by Crippen LogP contribution is 2.25. The second kappa shape index (κ2) is 6.83. The van der Waals surface area contributed by atoms with E-state index in [1.165, 1.54) is 0 Å². The molecular weight excluding hydrogens is 311 g/mol. The highest BCUT2D eigenvalue weighted by atomic mass is 35.5. The molecule has 0 radical (unpaired) electrons. The Morgan fingerprint density at radius 1 is 1.29 bits per heavy atom. The first-order valence-electron chi connectivity index (χ1n) is 6.79. The van der Waals surface area contributed by atoms with Gasteiger partial charge in [-0.25, -0.2) is 0 Å². The van der Waals surface area contributed by atoms with Crippen molar-refractivity contribution in [3.63, 3.8) is 0 Å². The van der Waals surface area contributed by atoms with Crippen molar-refractivity contribution in [1.29, 1.82) is 0 Å². The van der Waals surface area contributed by atoms with E-state index in [2.05, 4.69) is 10.4 Å². The summed E-state index contributed by atoms with van der Waals surface area (Å²) in [6.07, 6.45) is 0. The number of aliphatic hydroxyl groups is 1. The van der Waals surface area contributed by atoms with Gasteiger partial charge in [0.1, 0.15) is 5.15 Å². The van der Waals surface area contributed by atoms with Crippen LogP contribution >= 0.6 is 23.2 Å². The zero-order valence-electron chi connectivity index (χ0n) is 12.5. The van der Waals surface area contributed by atoms with Crippen LogP contribution in [0.4, 0.5) is 0 Å². The Kier molecular flexibility index (Phi) is 5.32. The van der Waals surface area contributed by atoms with E-state index < -0.39 is 0 Å². The lowest BCUT2D eigenvalue weighted by molar-refractivity contribution is 0.267. The first-order valence-corrected chi connectivity index (χ1v) is 7.55. The van der Waals surface area contributed by atoms with Gasteiger partial charge in [0.05, 0.1) is 23.9 Å². The van der Waals surface area contributed by atoms with Gasteiger partial charge in [-0.15, -0.1) is 0 Å². The number of nitrogens with one attached hydrogen (secondary N) is 1. The number of hydrogen-bond donors (Lipinski definition) is 2. The molecule has 0 bridgehead atoms. The Morgan fingerprint density at radius 3 is 2.57 bits per heavy atom. The molecule has 0 aromatic carbocycles. The fourth-order valence-corrected chi connectivity index (χ4v) is 2.79. The van der Waals surface area contributed by atoms with E-state index in [0.717, 1.165) is 22.6 Å². The molecule has 0 fully saturated rings. The van der Waals surface area contributed by atoms with Gasteiger partial charge in [-0.1, -0.05) is 23.2 Å². The third-order valence-electron chi connectivity index (χ3n) is 3.67. The van der Waals surface area contributed by atoms with Crippen molar-refractivity contribution in [1.82, 2.24) is 19.7 Å². The molecule has 5 nitrogen and oxygen atoms in total. The molecule has 2 aromatic rings.